The molecule has 0 aliphatic carbocycles. The molecule has 0 unspecified atom stereocenters. The van der Waals surface area contributed by atoms with Crippen molar-refractivity contribution in [3.63, 3.8) is 0 Å². The van der Waals surface area contributed by atoms with E-state index in [1.807, 2.05) is 24.5 Å². The standard InChI is InChI=1S/C56H34N6S/c1-3-19-41(39(17-1)35-13-9-15-37(33-35)61-47-23-7-5-21-43(47)53-49(61)25-11-31-57-53)45-27-29-51-55(59-45)56-52(63-51)30-28-46(60-56)42-20-4-2-18-40(42)36-14-10-16-38(34-36)62-48-24-8-6-22-44(48)54-50(62)26-12-32-58-54/h1-34H. The molecule has 7 heterocycles. The smallest absolute Gasteiger partial charge is 0.108 e. The molecule has 0 spiro atoms. The summed E-state index contributed by atoms with van der Waals surface area (Å²) in [6.07, 6.45) is 3.74. The minimum atomic E-state index is 0.911. The van der Waals surface area contributed by atoms with E-state index in [1.54, 1.807) is 11.3 Å². The monoisotopic (exact) mass is 822 g/mol. The zero-order valence-corrected chi connectivity index (χ0v) is 34.5. The highest BCUT2D eigenvalue weighted by Crippen LogP contribution is 2.40. The summed E-state index contributed by atoms with van der Waals surface area (Å²) in [6, 6.07) is 68.7. The van der Waals surface area contributed by atoms with Gasteiger partial charge in [0.05, 0.1) is 53.9 Å². The number of hydrogen-bond acceptors (Lipinski definition) is 5. The summed E-state index contributed by atoms with van der Waals surface area (Å²) < 4.78 is 6.85. The van der Waals surface area contributed by atoms with Crippen LogP contribution in [0.3, 0.4) is 0 Å². The lowest BCUT2D eigenvalue weighted by Gasteiger charge is -2.13. The van der Waals surface area contributed by atoms with E-state index >= 15 is 0 Å². The van der Waals surface area contributed by atoms with E-state index in [-0.39, 0.29) is 0 Å². The Bertz CT molecular complexity index is 3590. The van der Waals surface area contributed by atoms with Crippen LogP contribution in [0.15, 0.2) is 207 Å². The molecule has 0 aliphatic rings. The largest absolute Gasteiger partial charge is 0.308 e. The second-order valence-corrected chi connectivity index (χ2v) is 16.9. The molecule has 6 nitrogen and oxygen atoms in total. The normalized spacial score (nSPS) is 11.8. The summed E-state index contributed by atoms with van der Waals surface area (Å²) in [5.41, 5.74) is 18.9. The van der Waals surface area contributed by atoms with Crippen molar-refractivity contribution in [1.29, 1.82) is 0 Å². The highest BCUT2D eigenvalue weighted by molar-refractivity contribution is 7.25. The van der Waals surface area contributed by atoms with Crippen LogP contribution in [0.4, 0.5) is 0 Å². The fourth-order valence-corrected chi connectivity index (χ4v) is 10.5. The SMILES string of the molecule is c1cc(-c2ccccc2-c2ccc3sc4ccc(-c5ccccc5-c5cccc(-n6c7ccccc7c7ncccc76)c5)nc4c3n2)cc(-n2c3ccccc3c3ncccc32)c1. The predicted octanol–water partition coefficient (Wildman–Crippen LogP) is 14.5. The van der Waals surface area contributed by atoms with Crippen molar-refractivity contribution in [3.05, 3.63) is 207 Å². The maximum absolute atomic E-state index is 5.41. The molecule has 7 aromatic heterocycles. The summed E-state index contributed by atoms with van der Waals surface area (Å²) in [5, 5.41) is 2.28. The van der Waals surface area contributed by atoms with Crippen LogP contribution in [0, 0.1) is 0 Å². The number of rotatable bonds is 6. The van der Waals surface area contributed by atoms with Crippen LogP contribution in [0.25, 0.3) is 120 Å². The fraction of sp³-hybridized carbons (Fsp3) is 0. The molecule has 7 heteroatoms. The zero-order chi connectivity index (χ0) is 41.4. The fourth-order valence-electron chi connectivity index (χ4n) is 9.48. The van der Waals surface area contributed by atoms with E-state index in [2.05, 4.69) is 191 Å². The summed E-state index contributed by atoms with van der Waals surface area (Å²) in [7, 11) is 0. The van der Waals surface area contributed by atoms with Crippen LogP contribution in [0.1, 0.15) is 0 Å². The Morgan fingerprint density at radius 3 is 1.25 bits per heavy atom. The van der Waals surface area contributed by atoms with Gasteiger partial charge >= 0.3 is 0 Å². The van der Waals surface area contributed by atoms with Crippen molar-refractivity contribution in [2.24, 2.45) is 0 Å². The second-order valence-electron chi connectivity index (χ2n) is 15.8. The van der Waals surface area contributed by atoms with Gasteiger partial charge in [0.25, 0.3) is 0 Å². The Balaban J connectivity index is 0.903. The number of thiophene rings is 1. The van der Waals surface area contributed by atoms with Gasteiger partial charge < -0.3 is 9.13 Å². The lowest BCUT2D eigenvalue weighted by molar-refractivity contribution is 1.18. The van der Waals surface area contributed by atoms with Gasteiger partial charge in [0.15, 0.2) is 0 Å². The Morgan fingerprint density at radius 2 is 0.762 bits per heavy atom. The maximum Gasteiger partial charge on any atom is 0.108 e. The van der Waals surface area contributed by atoms with Gasteiger partial charge in [-0.3, -0.25) is 9.97 Å². The second kappa shape index (κ2) is 14.2. The van der Waals surface area contributed by atoms with Gasteiger partial charge in [-0.1, -0.05) is 109 Å². The molecule has 0 N–H and O–H groups in total. The van der Waals surface area contributed by atoms with Crippen LogP contribution < -0.4 is 0 Å². The third-order valence-electron chi connectivity index (χ3n) is 12.3. The average molecular weight is 823 g/mol. The minimum Gasteiger partial charge on any atom is -0.308 e. The first-order chi connectivity index (χ1) is 31.2. The summed E-state index contributed by atoms with van der Waals surface area (Å²) in [5.74, 6) is 0. The number of para-hydroxylation sites is 2. The summed E-state index contributed by atoms with van der Waals surface area (Å²) >= 11 is 1.73. The topological polar surface area (TPSA) is 61.4 Å². The highest BCUT2D eigenvalue weighted by atomic mass is 32.1. The van der Waals surface area contributed by atoms with E-state index < -0.39 is 0 Å². The highest BCUT2D eigenvalue weighted by Gasteiger charge is 2.19. The van der Waals surface area contributed by atoms with E-state index in [9.17, 15) is 0 Å². The van der Waals surface area contributed by atoms with Crippen LogP contribution in [-0.2, 0) is 0 Å². The molecular formula is C56H34N6S. The lowest BCUT2D eigenvalue weighted by Crippen LogP contribution is -1.95. The number of hydrogen-bond donors (Lipinski definition) is 0. The quantitative estimate of drug-likeness (QED) is 0.168. The molecule has 0 saturated carbocycles. The summed E-state index contributed by atoms with van der Waals surface area (Å²) in [6.45, 7) is 0. The number of pyridine rings is 4. The summed E-state index contributed by atoms with van der Waals surface area (Å²) in [4.78, 5) is 20.3. The third kappa shape index (κ3) is 5.64. The van der Waals surface area contributed by atoms with Crippen LogP contribution in [-0.4, -0.2) is 29.1 Å². The molecule has 0 radical (unpaired) electrons. The van der Waals surface area contributed by atoms with Gasteiger partial charge in [0.1, 0.15) is 11.0 Å². The van der Waals surface area contributed by atoms with E-state index in [1.165, 1.54) is 0 Å². The number of benzene rings is 6. The molecule has 0 fully saturated rings. The van der Waals surface area contributed by atoms with Crippen LogP contribution in [0.5, 0.6) is 0 Å². The molecular weight excluding hydrogens is 789 g/mol. The van der Waals surface area contributed by atoms with Gasteiger partial charge in [-0.05, 0) is 107 Å². The van der Waals surface area contributed by atoms with Crippen LogP contribution >= 0.6 is 11.3 Å². The van der Waals surface area contributed by atoms with Gasteiger partial charge in [-0.2, -0.15) is 0 Å². The Labute approximate surface area is 365 Å². The van der Waals surface area contributed by atoms with Crippen molar-refractivity contribution in [2.45, 2.75) is 0 Å². The Hall–Kier alpha value is -8.26. The van der Waals surface area contributed by atoms with Gasteiger partial charge in [0, 0.05) is 45.7 Å². The first kappa shape index (κ1) is 35.5. The molecule has 294 valence electrons. The molecule has 0 amide bonds. The van der Waals surface area contributed by atoms with E-state index in [4.69, 9.17) is 19.9 Å². The van der Waals surface area contributed by atoms with Crippen molar-refractivity contribution in [3.8, 4) is 56.1 Å². The van der Waals surface area contributed by atoms with Crippen molar-refractivity contribution in [1.82, 2.24) is 29.1 Å². The van der Waals surface area contributed by atoms with Gasteiger partial charge in [-0.15, -0.1) is 11.3 Å². The molecule has 13 rings (SSSR count). The van der Waals surface area contributed by atoms with Crippen molar-refractivity contribution >= 4 is 75.6 Å². The van der Waals surface area contributed by atoms with Gasteiger partial charge in [-0.25, -0.2) is 9.97 Å². The average Bonchev–Trinajstić information content (AvgIpc) is 4.01. The van der Waals surface area contributed by atoms with Gasteiger partial charge in [0.2, 0.25) is 0 Å². The van der Waals surface area contributed by atoms with E-state index in [0.29, 0.717) is 0 Å². The Kier molecular flexibility index (Phi) is 7.98. The maximum atomic E-state index is 5.41. The molecule has 0 aliphatic heterocycles. The number of nitrogens with zero attached hydrogens (tertiary/aromatic N) is 6. The predicted molar refractivity (Wildman–Crippen MR) is 261 cm³/mol. The number of aromatic nitrogens is 6. The van der Waals surface area contributed by atoms with E-state index in [0.717, 1.165) is 120 Å². The molecule has 13 aromatic rings. The zero-order valence-electron chi connectivity index (χ0n) is 33.7. The first-order valence-electron chi connectivity index (χ1n) is 21.0. The van der Waals surface area contributed by atoms with Crippen LogP contribution in [0.2, 0.25) is 0 Å². The minimum absolute atomic E-state index is 0.911. The molecule has 63 heavy (non-hydrogen) atoms. The Morgan fingerprint density at radius 1 is 0.333 bits per heavy atom. The molecule has 0 bridgehead atoms. The molecule has 6 aromatic carbocycles. The molecule has 0 atom stereocenters. The molecule has 0 saturated heterocycles. The van der Waals surface area contributed by atoms with Crippen molar-refractivity contribution < 1.29 is 0 Å². The third-order valence-corrected chi connectivity index (χ3v) is 13.4. The van der Waals surface area contributed by atoms with Crippen molar-refractivity contribution in [2.75, 3.05) is 0 Å². The lowest BCUT2D eigenvalue weighted by atomic mass is 9.96. The number of fused-ring (bicyclic) bond motifs is 9. The first-order valence-corrected chi connectivity index (χ1v) is 21.9.